The molecule has 6 heteroatoms. The average molecular weight is 302 g/mol. The van der Waals surface area contributed by atoms with Gasteiger partial charge in [0.1, 0.15) is 4.90 Å². The summed E-state index contributed by atoms with van der Waals surface area (Å²) in [5.41, 5.74) is 0.241. The Labute approximate surface area is 102 Å². The topological polar surface area (TPSA) is 54.5 Å². The summed E-state index contributed by atoms with van der Waals surface area (Å²) in [5.74, 6) is -0.471. The number of hydrogen-bond acceptors (Lipinski definition) is 3. The molecule has 84 valence electrons. The second-order valence-electron chi connectivity index (χ2n) is 3.20. The highest BCUT2D eigenvalue weighted by molar-refractivity contribution is 9.11. The Hall–Kier alpha value is -1.14. The molecule has 0 spiro atoms. The van der Waals surface area contributed by atoms with Gasteiger partial charge in [-0.2, -0.15) is 0 Å². The molecule has 0 N–H and O–H groups in total. The minimum Gasteiger partial charge on any atom is -0.268 e. The van der Waals surface area contributed by atoms with Crippen LogP contribution in [0, 0.1) is 0 Å². The Balaban J connectivity index is 2.54. The first-order valence-electron chi connectivity index (χ1n) is 4.50. The maximum absolute atomic E-state index is 12.0. The van der Waals surface area contributed by atoms with Crippen LogP contribution >= 0.6 is 15.9 Å². The maximum atomic E-state index is 12.0. The van der Waals surface area contributed by atoms with Gasteiger partial charge in [0, 0.05) is 0 Å². The largest absolute Gasteiger partial charge is 0.269 e. The fraction of sp³-hybridized carbons (Fsp3) is 0.100. The van der Waals surface area contributed by atoms with Crippen molar-refractivity contribution in [2.24, 2.45) is 0 Å². The van der Waals surface area contributed by atoms with Crippen LogP contribution in [0.5, 0.6) is 0 Å². The summed E-state index contributed by atoms with van der Waals surface area (Å²) in [5, 5.41) is 0. The Morgan fingerprint density at radius 1 is 1.31 bits per heavy atom. The molecule has 0 atom stereocenters. The molecule has 0 bridgehead atoms. The summed E-state index contributed by atoms with van der Waals surface area (Å²) < 4.78 is 24.8. The number of sulfonamides is 1. The van der Waals surface area contributed by atoms with Crippen LogP contribution in [0.1, 0.15) is 10.4 Å². The summed E-state index contributed by atoms with van der Waals surface area (Å²) in [6.45, 7) is 0.0428. The van der Waals surface area contributed by atoms with E-state index in [4.69, 9.17) is 0 Å². The number of rotatable bonds is 2. The van der Waals surface area contributed by atoms with Crippen LogP contribution in [-0.4, -0.2) is 25.2 Å². The number of benzene rings is 1. The van der Waals surface area contributed by atoms with Crippen LogP contribution in [0.2, 0.25) is 0 Å². The maximum Gasteiger partial charge on any atom is 0.269 e. The first-order chi connectivity index (χ1) is 7.59. The van der Waals surface area contributed by atoms with E-state index in [0.29, 0.717) is 0 Å². The van der Waals surface area contributed by atoms with Gasteiger partial charge in [0.25, 0.3) is 15.9 Å². The summed E-state index contributed by atoms with van der Waals surface area (Å²) in [7, 11) is -3.66. The fourth-order valence-corrected chi connectivity index (χ4v) is 3.23. The molecule has 0 saturated heterocycles. The van der Waals surface area contributed by atoms with E-state index in [1.165, 1.54) is 17.1 Å². The van der Waals surface area contributed by atoms with E-state index < -0.39 is 15.9 Å². The first-order valence-corrected chi connectivity index (χ1v) is 6.86. The Kier molecular flexibility index (Phi) is 2.86. The van der Waals surface area contributed by atoms with Gasteiger partial charge in [-0.1, -0.05) is 34.1 Å². The SMILES string of the molecule is O=C1c2ccccc2S(=O)(=O)N1CC=CBr. The van der Waals surface area contributed by atoms with Gasteiger partial charge in [-0.15, -0.1) is 0 Å². The number of halogens is 1. The van der Waals surface area contributed by atoms with E-state index in [9.17, 15) is 13.2 Å². The Morgan fingerprint density at radius 2 is 2.00 bits per heavy atom. The summed E-state index contributed by atoms with van der Waals surface area (Å²) in [6, 6.07) is 6.22. The van der Waals surface area contributed by atoms with E-state index in [-0.39, 0.29) is 17.0 Å². The second-order valence-corrected chi connectivity index (χ2v) is 5.56. The zero-order valence-corrected chi connectivity index (χ0v) is 10.5. The molecule has 1 amide bonds. The number of fused-ring (bicyclic) bond motifs is 1. The predicted octanol–water partition coefficient (Wildman–Crippen LogP) is 1.74. The van der Waals surface area contributed by atoms with Crippen LogP contribution in [-0.2, 0) is 10.0 Å². The van der Waals surface area contributed by atoms with Crippen molar-refractivity contribution in [1.29, 1.82) is 0 Å². The van der Waals surface area contributed by atoms with E-state index in [1.807, 2.05) is 0 Å². The molecule has 16 heavy (non-hydrogen) atoms. The number of amides is 1. The molecule has 1 aliphatic heterocycles. The zero-order valence-electron chi connectivity index (χ0n) is 8.13. The van der Waals surface area contributed by atoms with Crippen molar-refractivity contribution in [2.45, 2.75) is 4.90 Å². The highest BCUT2D eigenvalue weighted by atomic mass is 79.9. The molecule has 0 fully saturated rings. The normalized spacial score (nSPS) is 18.1. The van der Waals surface area contributed by atoms with Gasteiger partial charge in [0.15, 0.2) is 0 Å². The van der Waals surface area contributed by atoms with Crippen LogP contribution in [0.4, 0.5) is 0 Å². The van der Waals surface area contributed by atoms with Gasteiger partial charge in [-0.3, -0.25) is 4.79 Å². The molecule has 0 radical (unpaired) electrons. The van der Waals surface area contributed by atoms with Crippen LogP contribution in [0.3, 0.4) is 0 Å². The van der Waals surface area contributed by atoms with Crippen LogP contribution < -0.4 is 0 Å². The third-order valence-corrected chi connectivity index (χ3v) is 4.45. The number of carbonyl (C=O) groups is 1. The number of hydrogen-bond donors (Lipinski definition) is 0. The van der Waals surface area contributed by atoms with Gasteiger partial charge in [0.05, 0.1) is 12.1 Å². The molecule has 0 aromatic heterocycles. The number of nitrogens with zero attached hydrogens (tertiary/aromatic N) is 1. The lowest BCUT2D eigenvalue weighted by atomic mass is 10.2. The Morgan fingerprint density at radius 3 is 2.62 bits per heavy atom. The average Bonchev–Trinajstić information content (AvgIpc) is 2.46. The second kappa shape index (κ2) is 4.03. The molecular formula is C10H8BrNO3S. The summed E-state index contributed by atoms with van der Waals surface area (Å²) in [6.07, 6.45) is 1.56. The molecule has 1 heterocycles. The smallest absolute Gasteiger partial charge is 0.268 e. The monoisotopic (exact) mass is 301 g/mol. The molecule has 0 unspecified atom stereocenters. The van der Waals surface area contributed by atoms with Crippen LogP contribution in [0.25, 0.3) is 0 Å². The van der Waals surface area contributed by atoms with E-state index in [0.717, 1.165) is 4.31 Å². The van der Waals surface area contributed by atoms with E-state index >= 15 is 0 Å². The van der Waals surface area contributed by atoms with Crippen LogP contribution in [0.15, 0.2) is 40.2 Å². The lowest BCUT2D eigenvalue weighted by Gasteiger charge is -2.11. The highest BCUT2D eigenvalue weighted by Crippen LogP contribution is 2.29. The molecule has 2 rings (SSSR count). The highest BCUT2D eigenvalue weighted by Gasteiger charge is 2.39. The van der Waals surface area contributed by atoms with Gasteiger partial charge in [-0.25, -0.2) is 12.7 Å². The van der Waals surface area contributed by atoms with Crippen molar-refractivity contribution in [1.82, 2.24) is 4.31 Å². The lowest BCUT2D eigenvalue weighted by molar-refractivity contribution is 0.0880. The third-order valence-electron chi connectivity index (χ3n) is 2.27. The predicted molar refractivity (Wildman–Crippen MR) is 62.7 cm³/mol. The standard InChI is InChI=1S/C10H8BrNO3S/c11-6-3-7-12-10(13)8-4-1-2-5-9(8)16(12,14)15/h1-6H,7H2. The minimum absolute atomic E-state index is 0.0428. The van der Waals surface area contributed by atoms with E-state index in [1.54, 1.807) is 18.2 Å². The van der Waals surface area contributed by atoms with Gasteiger partial charge >= 0.3 is 0 Å². The Bertz CT molecular complexity index is 565. The van der Waals surface area contributed by atoms with Crippen molar-refractivity contribution in [3.63, 3.8) is 0 Å². The summed E-state index contributed by atoms with van der Waals surface area (Å²) in [4.78, 5) is 13.4. The van der Waals surface area contributed by atoms with Crippen molar-refractivity contribution in [3.8, 4) is 0 Å². The molecule has 1 aliphatic rings. The molecule has 0 aliphatic carbocycles. The third kappa shape index (κ3) is 1.58. The quantitative estimate of drug-likeness (QED) is 0.836. The lowest BCUT2D eigenvalue weighted by Crippen LogP contribution is -2.30. The van der Waals surface area contributed by atoms with Crippen molar-refractivity contribution >= 4 is 31.9 Å². The molecule has 1 aromatic rings. The minimum atomic E-state index is -3.66. The summed E-state index contributed by atoms with van der Waals surface area (Å²) >= 11 is 3.04. The molecular weight excluding hydrogens is 294 g/mol. The fourth-order valence-electron chi connectivity index (χ4n) is 1.55. The van der Waals surface area contributed by atoms with Crippen molar-refractivity contribution in [3.05, 3.63) is 40.9 Å². The van der Waals surface area contributed by atoms with Gasteiger partial charge < -0.3 is 0 Å². The molecule has 0 saturated carbocycles. The van der Waals surface area contributed by atoms with Crippen molar-refractivity contribution in [2.75, 3.05) is 6.54 Å². The zero-order chi connectivity index (χ0) is 11.8. The van der Waals surface area contributed by atoms with Gasteiger partial charge in [-0.05, 0) is 17.1 Å². The van der Waals surface area contributed by atoms with Gasteiger partial charge in [0.2, 0.25) is 0 Å². The number of carbonyl (C=O) groups excluding carboxylic acids is 1. The first kappa shape index (κ1) is 11.3. The molecule has 4 nitrogen and oxygen atoms in total. The van der Waals surface area contributed by atoms with Crippen molar-refractivity contribution < 1.29 is 13.2 Å². The molecule has 1 aromatic carbocycles. The van der Waals surface area contributed by atoms with E-state index in [2.05, 4.69) is 15.9 Å².